The van der Waals surface area contributed by atoms with Crippen molar-refractivity contribution in [2.24, 2.45) is 5.10 Å². The van der Waals surface area contributed by atoms with Crippen LogP contribution in [0.5, 0.6) is 5.75 Å². The quantitative estimate of drug-likeness (QED) is 0.214. The third-order valence-corrected chi connectivity index (χ3v) is 6.96. The molecule has 0 aliphatic rings. The molecule has 6 rings (SSSR count). The molecule has 5 aromatic carbocycles. The second-order valence-electron chi connectivity index (χ2n) is 8.81. The van der Waals surface area contributed by atoms with Gasteiger partial charge in [-0.2, -0.15) is 9.78 Å². The van der Waals surface area contributed by atoms with Gasteiger partial charge in [-0.25, -0.2) is 4.98 Å². The van der Waals surface area contributed by atoms with Crippen molar-refractivity contribution in [1.29, 1.82) is 0 Å². The Labute approximate surface area is 221 Å². The van der Waals surface area contributed by atoms with Crippen molar-refractivity contribution >= 4 is 54.6 Å². The van der Waals surface area contributed by atoms with Crippen LogP contribution in [0.15, 0.2) is 111 Å². The number of hydrogen-bond donors (Lipinski definition) is 0. The van der Waals surface area contributed by atoms with Crippen molar-refractivity contribution in [3.05, 3.63) is 129 Å². The first-order chi connectivity index (χ1) is 18.1. The van der Waals surface area contributed by atoms with E-state index in [0.717, 1.165) is 31.8 Å². The topological polar surface area (TPSA) is 56.5 Å². The van der Waals surface area contributed by atoms with Crippen LogP contribution in [0.2, 0.25) is 0 Å². The Kier molecular flexibility index (Phi) is 6.02. The molecule has 0 spiro atoms. The number of aromatic nitrogens is 2. The molecule has 0 N–H and O–H groups in total. The van der Waals surface area contributed by atoms with Crippen molar-refractivity contribution in [1.82, 2.24) is 9.66 Å². The normalized spacial score (nSPS) is 11.6. The number of ether oxygens (including phenoxy) is 1. The maximum absolute atomic E-state index is 13.3. The third-order valence-electron chi connectivity index (χ3n) is 6.47. The fourth-order valence-electron chi connectivity index (χ4n) is 4.62. The highest BCUT2D eigenvalue weighted by atomic mass is 79.9. The third kappa shape index (κ3) is 4.41. The van der Waals surface area contributed by atoms with Gasteiger partial charge in [-0.05, 0) is 58.3 Å². The number of nitrogens with zero attached hydrogens (tertiary/aromatic N) is 3. The average molecular weight is 548 g/mol. The van der Waals surface area contributed by atoms with E-state index in [4.69, 9.17) is 4.74 Å². The molecule has 0 fully saturated rings. The van der Waals surface area contributed by atoms with Gasteiger partial charge in [0.2, 0.25) is 0 Å². The number of hydrogen-bond acceptors (Lipinski definition) is 4. The number of benzene rings is 5. The van der Waals surface area contributed by atoms with Crippen LogP contribution in [-0.4, -0.2) is 15.9 Å². The maximum atomic E-state index is 13.3. The highest BCUT2D eigenvalue weighted by Gasteiger charge is 2.11. The van der Waals surface area contributed by atoms with E-state index in [2.05, 4.69) is 50.3 Å². The molecule has 0 bridgehead atoms. The zero-order valence-corrected chi connectivity index (χ0v) is 21.6. The molecular formula is C31H22BrN3O2. The van der Waals surface area contributed by atoms with Crippen LogP contribution >= 0.6 is 15.9 Å². The molecule has 0 saturated heterocycles. The minimum Gasteiger partial charge on any atom is -0.488 e. The minimum absolute atomic E-state index is 0.224. The number of rotatable bonds is 5. The number of aryl methyl sites for hydroxylation is 1. The summed E-state index contributed by atoms with van der Waals surface area (Å²) in [7, 11) is 0. The summed E-state index contributed by atoms with van der Waals surface area (Å²) in [5.74, 6) is 1.20. The summed E-state index contributed by atoms with van der Waals surface area (Å²) in [6, 6.07) is 32.0. The molecule has 1 aromatic heterocycles. The first kappa shape index (κ1) is 23.1. The standard InChI is InChI=1S/C31H22BrN3O2/c1-20-34-29-15-14-24(32)17-27(29)31(36)35(20)33-18-28-26-12-5-3-8-22(26)13-16-30(28)37-19-23-10-6-9-21-7-2-4-11-25(21)23/h2-18H,19H2,1H3. The van der Waals surface area contributed by atoms with Gasteiger partial charge >= 0.3 is 0 Å². The van der Waals surface area contributed by atoms with Gasteiger partial charge in [0.25, 0.3) is 5.56 Å². The predicted octanol–water partition coefficient (Wildman–Crippen LogP) is 7.24. The van der Waals surface area contributed by atoms with Gasteiger partial charge in [0.1, 0.15) is 18.2 Å². The lowest BCUT2D eigenvalue weighted by Gasteiger charge is -2.13. The summed E-state index contributed by atoms with van der Waals surface area (Å²) in [6.07, 6.45) is 1.70. The summed E-state index contributed by atoms with van der Waals surface area (Å²) < 4.78 is 8.53. The van der Waals surface area contributed by atoms with Gasteiger partial charge in [-0.3, -0.25) is 4.79 Å². The second-order valence-corrected chi connectivity index (χ2v) is 9.72. The summed E-state index contributed by atoms with van der Waals surface area (Å²) in [6.45, 7) is 2.19. The number of halogens is 1. The van der Waals surface area contributed by atoms with Gasteiger partial charge in [0.05, 0.1) is 17.1 Å². The Hall–Kier alpha value is -4.29. The molecule has 5 nitrogen and oxygen atoms in total. The first-order valence-electron chi connectivity index (χ1n) is 11.9. The van der Waals surface area contributed by atoms with Crippen molar-refractivity contribution < 1.29 is 4.74 Å². The van der Waals surface area contributed by atoms with Crippen LogP contribution < -0.4 is 10.3 Å². The SMILES string of the molecule is Cc1nc2ccc(Br)cc2c(=O)n1N=Cc1c(OCc2cccc3ccccc23)ccc2ccccc12. The van der Waals surface area contributed by atoms with Crippen LogP contribution in [0.25, 0.3) is 32.4 Å². The summed E-state index contributed by atoms with van der Waals surface area (Å²) in [5, 5.41) is 9.48. The van der Waals surface area contributed by atoms with E-state index in [1.54, 1.807) is 19.2 Å². The molecule has 37 heavy (non-hydrogen) atoms. The minimum atomic E-state index is -0.224. The first-order valence-corrected chi connectivity index (χ1v) is 12.7. The fraction of sp³-hybridized carbons (Fsp3) is 0.0645. The van der Waals surface area contributed by atoms with E-state index in [0.29, 0.717) is 29.1 Å². The van der Waals surface area contributed by atoms with E-state index in [-0.39, 0.29) is 5.56 Å². The van der Waals surface area contributed by atoms with Crippen LogP contribution in [0, 0.1) is 6.92 Å². The van der Waals surface area contributed by atoms with E-state index in [9.17, 15) is 4.79 Å². The van der Waals surface area contributed by atoms with E-state index in [1.807, 2.05) is 66.7 Å². The van der Waals surface area contributed by atoms with Gasteiger partial charge in [-0.1, -0.05) is 88.7 Å². The lowest BCUT2D eigenvalue weighted by atomic mass is 10.0. The van der Waals surface area contributed by atoms with Crippen molar-refractivity contribution in [3.63, 3.8) is 0 Å². The monoisotopic (exact) mass is 547 g/mol. The van der Waals surface area contributed by atoms with Crippen molar-refractivity contribution in [3.8, 4) is 5.75 Å². The zero-order chi connectivity index (χ0) is 25.4. The summed E-state index contributed by atoms with van der Waals surface area (Å²) in [5.41, 5.74) is 2.32. The molecular weight excluding hydrogens is 526 g/mol. The maximum Gasteiger partial charge on any atom is 0.282 e. The van der Waals surface area contributed by atoms with E-state index < -0.39 is 0 Å². The molecule has 1 heterocycles. The number of fused-ring (bicyclic) bond motifs is 3. The van der Waals surface area contributed by atoms with Gasteiger partial charge in [-0.15, -0.1) is 0 Å². The Morgan fingerprint density at radius 1 is 0.865 bits per heavy atom. The Morgan fingerprint density at radius 2 is 1.59 bits per heavy atom. The van der Waals surface area contributed by atoms with Crippen molar-refractivity contribution in [2.75, 3.05) is 0 Å². The molecule has 0 aliphatic heterocycles. The van der Waals surface area contributed by atoms with Crippen LogP contribution in [-0.2, 0) is 6.61 Å². The average Bonchev–Trinajstić information content (AvgIpc) is 2.92. The van der Waals surface area contributed by atoms with E-state index in [1.165, 1.54) is 10.1 Å². The highest BCUT2D eigenvalue weighted by molar-refractivity contribution is 9.10. The lowest BCUT2D eigenvalue weighted by molar-refractivity contribution is 0.307. The molecule has 0 saturated carbocycles. The van der Waals surface area contributed by atoms with Gasteiger partial charge < -0.3 is 4.74 Å². The Bertz CT molecular complexity index is 1890. The molecule has 0 atom stereocenters. The van der Waals surface area contributed by atoms with Gasteiger partial charge in [0.15, 0.2) is 0 Å². The summed E-state index contributed by atoms with van der Waals surface area (Å²) in [4.78, 5) is 17.8. The van der Waals surface area contributed by atoms with E-state index >= 15 is 0 Å². The van der Waals surface area contributed by atoms with Gasteiger partial charge in [0, 0.05) is 10.0 Å². The predicted molar refractivity (Wildman–Crippen MR) is 154 cm³/mol. The molecule has 6 heteroatoms. The van der Waals surface area contributed by atoms with Crippen LogP contribution in [0.3, 0.4) is 0 Å². The Morgan fingerprint density at radius 3 is 2.43 bits per heavy atom. The smallest absolute Gasteiger partial charge is 0.282 e. The molecule has 0 unspecified atom stereocenters. The fourth-order valence-corrected chi connectivity index (χ4v) is 4.98. The molecule has 0 radical (unpaired) electrons. The molecule has 6 aromatic rings. The zero-order valence-electron chi connectivity index (χ0n) is 20.1. The van der Waals surface area contributed by atoms with Crippen LogP contribution in [0.4, 0.5) is 0 Å². The molecule has 0 amide bonds. The highest BCUT2D eigenvalue weighted by Crippen LogP contribution is 2.28. The lowest BCUT2D eigenvalue weighted by Crippen LogP contribution is -2.20. The van der Waals surface area contributed by atoms with Crippen LogP contribution in [0.1, 0.15) is 17.0 Å². The summed E-state index contributed by atoms with van der Waals surface area (Å²) >= 11 is 3.44. The molecule has 0 aliphatic carbocycles. The van der Waals surface area contributed by atoms with Crippen molar-refractivity contribution in [2.45, 2.75) is 13.5 Å². The molecule has 180 valence electrons. The Balaban J connectivity index is 1.43. The largest absolute Gasteiger partial charge is 0.488 e. The second kappa shape index (κ2) is 9.64.